The Labute approximate surface area is 105 Å². The van der Waals surface area contributed by atoms with E-state index in [0.717, 1.165) is 6.07 Å². The van der Waals surface area contributed by atoms with Gasteiger partial charge in [0.2, 0.25) is 5.75 Å². The van der Waals surface area contributed by atoms with Crippen LogP contribution in [0.4, 0.5) is 13.2 Å². The minimum Gasteiger partial charge on any atom is -0.482 e. The van der Waals surface area contributed by atoms with Crippen molar-refractivity contribution in [3.63, 3.8) is 0 Å². The number of alkyl halides is 3. The second-order valence-electron chi connectivity index (χ2n) is 3.18. The molecule has 1 aromatic rings. The van der Waals surface area contributed by atoms with Crippen LogP contribution < -0.4 is 15.0 Å². The first-order valence-corrected chi connectivity index (χ1v) is 5.02. The number of rotatable bonds is 4. The highest BCUT2D eigenvalue weighted by Crippen LogP contribution is 2.25. The van der Waals surface area contributed by atoms with E-state index in [9.17, 15) is 22.8 Å². The Morgan fingerprint density at radius 2 is 2.05 bits per heavy atom. The van der Waals surface area contributed by atoms with Crippen LogP contribution >= 0.6 is 0 Å². The predicted octanol–water partition coefficient (Wildman–Crippen LogP) is 1.46. The Hall–Kier alpha value is -2.19. The largest absolute Gasteiger partial charge is 0.573 e. The van der Waals surface area contributed by atoms with Gasteiger partial charge in [0, 0.05) is 6.07 Å². The van der Waals surface area contributed by atoms with Crippen molar-refractivity contribution in [2.45, 2.75) is 13.3 Å². The topological polar surface area (TPSA) is 77.6 Å². The Morgan fingerprint density at radius 3 is 2.53 bits per heavy atom. The molecule has 0 unspecified atom stereocenters. The summed E-state index contributed by atoms with van der Waals surface area (Å²) in [5.74, 6) is -2.50. The van der Waals surface area contributed by atoms with Gasteiger partial charge in [-0.05, 0) is 6.92 Å². The van der Waals surface area contributed by atoms with E-state index in [2.05, 4.69) is 14.2 Å². The van der Waals surface area contributed by atoms with E-state index >= 15 is 0 Å². The summed E-state index contributed by atoms with van der Waals surface area (Å²) in [6, 6.07) is 0.889. The van der Waals surface area contributed by atoms with Crippen molar-refractivity contribution in [1.29, 1.82) is 0 Å². The molecule has 106 valence electrons. The molecule has 19 heavy (non-hydrogen) atoms. The fourth-order valence-electron chi connectivity index (χ4n) is 1.21. The number of carbonyl (C=O) groups is 1. The quantitative estimate of drug-likeness (QED) is 0.845. The van der Waals surface area contributed by atoms with Crippen LogP contribution in [0.1, 0.15) is 17.3 Å². The number of H-pyrrole nitrogens is 1. The molecular formula is C10H10F3NO5. The number of carbonyl (C=O) groups excluding carboxylic acids is 1. The fourth-order valence-corrected chi connectivity index (χ4v) is 1.21. The summed E-state index contributed by atoms with van der Waals surface area (Å²) in [4.78, 5) is 24.9. The minimum atomic E-state index is -5.11. The van der Waals surface area contributed by atoms with Crippen molar-refractivity contribution in [3.05, 3.63) is 22.0 Å². The first kappa shape index (κ1) is 14.9. The van der Waals surface area contributed by atoms with Crippen molar-refractivity contribution >= 4 is 5.97 Å². The van der Waals surface area contributed by atoms with Crippen molar-refractivity contribution < 1.29 is 32.2 Å². The zero-order valence-corrected chi connectivity index (χ0v) is 9.96. The molecule has 0 aliphatic carbocycles. The number of esters is 1. The number of hydrogen-bond acceptors (Lipinski definition) is 5. The van der Waals surface area contributed by atoms with Gasteiger partial charge in [0.15, 0.2) is 5.88 Å². The standard InChI is InChI=1S/C10H10F3NO5/c1-3-18-9(16)5-4-6(17-2)14-8(15)7(5)19-10(11,12)13/h4H,3H2,1-2H3,(H,14,15). The highest BCUT2D eigenvalue weighted by Gasteiger charge is 2.35. The van der Waals surface area contributed by atoms with E-state index < -0.39 is 29.2 Å². The van der Waals surface area contributed by atoms with Gasteiger partial charge in [-0.25, -0.2) is 4.79 Å². The van der Waals surface area contributed by atoms with Gasteiger partial charge >= 0.3 is 12.3 Å². The lowest BCUT2D eigenvalue weighted by Crippen LogP contribution is -2.26. The number of aromatic amines is 1. The second-order valence-corrected chi connectivity index (χ2v) is 3.18. The zero-order valence-electron chi connectivity index (χ0n) is 9.96. The van der Waals surface area contributed by atoms with Crippen LogP contribution in [0.2, 0.25) is 0 Å². The molecule has 1 rings (SSSR count). The molecule has 1 aromatic heterocycles. The maximum Gasteiger partial charge on any atom is 0.573 e. The maximum absolute atomic E-state index is 12.2. The van der Waals surface area contributed by atoms with E-state index in [1.165, 1.54) is 14.0 Å². The Kier molecular flexibility index (Phi) is 4.41. The lowest BCUT2D eigenvalue weighted by molar-refractivity contribution is -0.275. The van der Waals surface area contributed by atoms with Crippen LogP contribution in [0.3, 0.4) is 0 Å². The van der Waals surface area contributed by atoms with Gasteiger partial charge in [0.1, 0.15) is 5.56 Å². The molecule has 0 aromatic carbocycles. The number of hydrogen-bond donors (Lipinski definition) is 1. The molecule has 1 heterocycles. The van der Waals surface area contributed by atoms with Crippen LogP contribution in [0.25, 0.3) is 0 Å². The lowest BCUT2D eigenvalue weighted by Gasteiger charge is -2.12. The van der Waals surface area contributed by atoms with Crippen molar-refractivity contribution in [2.75, 3.05) is 13.7 Å². The van der Waals surface area contributed by atoms with E-state index in [1.807, 2.05) is 4.98 Å². The summed E-state index contributed by atoms with van der Waals surface area (Å²) in [5, 5.41) is 0. The normalized spacial score (nSPS) is 11.0. The molecule has 6 nitrogen and oxygen atoms in total. The van der Waals surface area contributed by atoms with Crippen LogP contribution in [0.15, 0.2) is 10.9 Å². The molecule has 0 saturated carbocycles. The van der Waals surface area contributed by atoms with Crippen LogP contribution in [0.5, 0.6) is 11.6 Å². The number of ether oxygens (including phenoxy) is 3. The number of aromatic nitrogens is 1. The lowest BCUT2D eigenvalue weighted by atomic mass is 10.2. The SMILES string of the molecule is CCOC(=O)c1cc(OC)[nH]c(=O)c1OC(F)(F)F. The number of methoxy groups -OCH3 is 1. The average Bonchev–Trinajstić information content (AvgIpc) is 2.30. The molecule has 1 N–H and O–H groups in total. The molecule has 0 fully saturated rings. The fraction of sp³-hybridized carbons (Fsp3) is 0.400. The molecule has 0 aliphatic heterocycles. The summed E-state index contributed by atoms with van der Waals surface area (Å²) in [6.45, 7) is 1.39. The monoisotopic (exact) mass is 281 g/mol. The first-order valence-electron chi connectivity index (χ1n) is 5.02. The van der Waals surface area contributed by atoms with E-state index in [4.69, 9.17) is 0 Å². The smallest absolute Gasteiger partial charge is 0.482 e. The number of nitrogens with one attached hydrogen (secondary N) is 1. The van der Waals surface area contributed by atoms with Gasteiger partial charge in [-0.15, -0.1) is 13.2 Å². The Balaban J connectivity index is 3.34. The predicted molar refractivity (Wildman–Crippen MR) is 56.3 cm³/mol. The summed E-state index contributed by atoms with van der Waals surface area (Å²) in [6.07, 6.45) is -5.11. The van der Waals surface area contributed by atoms with Crippen LogP contribution in [-0.4, -0.2) is 31.0 Å². The van der Waals surface area contributed by atoms with Crippen LogP contribution in [-0.2, 0) is 4.74 Å². The highest BCUT2D eigenvalue weighted by atomic mass is 19.4. The molecule has 0 saturated heterocycles. The van der Waals surface area contributed by atoms with E-state index in [1.54, 1.807) is 0 Å². The summed E-state index contributed by atoms with van der Waals surface area (Å²) < 4.78 is 49.2. The number of pyridine rings is 1. The third kappa shape index (κ3) is 3.90. The van der Waals surface area contributed by atoms with Gasteiger partial charge in [-0.3, -0.25) is 9.78 Å². The molecule has 0 spiro atoms. The van der Waals surface area contributed by atoms with Gasteiger partial charge < -0.3 is 14.2 Å². The number of halogens is 3. The van der Waals surface area contributed by atoms with Gasteiger partial charge in [0.25, 0.3) is 5.56 Å². The van der Waals surface area contributed by atoms with Gasteiger partial charge in [0.05, 0.1) is 13.7 Å². The minimum absolute atomic E-state index is 0.0700. The van der Waals surface area contributed by atoms with Crippen molar-refractivity contribution in [1.82, 2.24) is 4.98 Å². The maximum atomic E-state index is 12.2. The molecular weight excluding hydrogens is 271 g/mol. The summed E-state index contributed by atoms with van der Waals surface area (Å²) in [5.41, 5.74) is -1.92. The molecule has 0 amide bonds. The third-order valence-corrected chi connectivity index (χ3v) is 1.90. The van der Waals surface area contributed by atoms with Crippen molar-refractivity contribution in [2.24, 2.45) is 0 Å². The van der Waals surface area contributed by atoms with E-state index in [-0.39, 0.29) is 12.5 Å². The molecule has 0 bridgehead atoms. The summed E-state index contributed by atoms with van der Waals surface area (Å²) >= 11 is 0. The Bertz CT molecular complexity index is 523. The molecule has 0 radical (unpaired) electrons. The van der Waals surface area contributed by atoms with Crippen LogP contribution in [0, 0.1) is 0 Å². The van der Waals surface area contributed by atoms with Gasteiger partial charge in [-0.2, -0.15) is 0 Å². The zero-order chi connectivity index (χ0) is 14.6. The second kappa shape index (κ2) is 5.63. The first-order chi connectivity index (χ1) is 8.78. The van der Waals surface area contributed by atoms with E-state index in [0.29, 0.717) is 0 Å². The molecule has 0 atom stereocenters. The Morgan fingerprint density at radius 1 is 1.42 bits per heavy atom. The molecule has 0 aliphatic rings. The third-order valence-electron chi connectivity index (χ3n) is 1.90. The van der Waals surface area contributed by atoms with Gasteiger partial charge in [-0.1, -0.05) is 0 Å². The summed E-state index contributed by atoms with van der Waals surface area (Å²) in [7, 11) is 1.17. The molecule has 9 heteroatoms. The highest BCUT2D eigenvalue weighted by molar-refractivity contribution is 5.92. The van der Waals surface area contributed by atoms with Crippen molar-refractivity contribution in [3.8, 4) is 11.6 Å². The average molecular weight is 281 g/mol.